The molecule has 0 spiro atoms. The molecule has 3 amide bonds. The number of amides is 3. The number of carbonyl (C=O) groups is 3. The molecule has 1 aromatic carbocycles. The van der Waals surface area contributed by atoms with Crippen molar-refractivity contribution in [1.82, 2.24) is 15.5 Å². The Labute approximate surface area is 141 Å². The fourth-order valence-electron chi connectivity index (χ4n) is 2.71. The van der Waals surface area contributed by atoms with E-state index in [1.807, 2.05) is 30.3 Å². The van der Waals surface area contributed by atoms with Crippen molar-refractivity contribution in [1.29, 1.82) is 0 Å². The monoisotopic (exact) mass is 333 g/mol. The predicted octanol–water partition coefficient (Wildman–Crippen LogP) is 1.20. The molecule has 7 nitrogen and oxygen atoms in total. The van der Waals surface area contributed by atoms with Gasteiger partial charge in [0.05, 0.1) is 6.04 Å². The Morgan fingerprint density at radius 2 is 1.96 bits per heavy atom. The zero-order valence-corrected chi connectivity index (χ0v) is 13.9. The summed E-state index contributed by atoms with van der Waals surface area (Å²) in [5.41, 5.74) is 1.03. The molecule has 7 heteroatoms. The van der Waals surface area contributed by atoms with Gasteiger partial charge in [0.1, 0.15) is 6.04 Å². The maximum absolute atomic E-state index is 12.1. The quantitative estimate of drug-likeness (QED) is 0.728. The molecule has 130 valence electrons. The highest BCUT2D eigenvalue weighted by Crippen LogP contribution is 2.15. The number of hydrogen-bond acceptors (Lipinski definition) is 3. The number of carboxylic acid groups (broad SMARTS) is 1. The van der Waals surface area contributed by atoms with Gasteiger partial charge in [-0.25, -0.2) is 9.59 Å². The van der Waals surface area contributed by atoms with Crippen molar-refractivity contribution >= 4 is 17.9 Å². The number of benzene rings is 1. The first-order valence-corrected chi connectivity index (χ1v) is 7.98. The number of urea groups is 1. The van der Waals surface area contributed by atoms with Gasteiger partial charge in [-0.15, -0.1) is 0 Å². The summed E-state index contributed by atoms with van der Waals surface area (Å²) in [5, 5.41) is 14.2. The van der Waals surface area contributed by atoms with E-state index in [1.54, 1.807) is 18.7 Å². The topological polar surface area (TPSA) is 98.7 Å². The van der Waals surface area contributed by atoms with Crippen LogP contribution in [-0.2, 0) is 16.1 Å². The molecule has 1 aliphatic rings. The summed E-state index contributed by atoms with van der Waals surface area (Å²) in [6.45, 7) is 4.36. The molecular formula is C17H23N3O4. The van der Waals surface area contributed by atoms with Gasteiger partial charge in [-0.3, -0.25) is 4.79 Å². The first kappa shape index (κ1) is 17.8. The second-order valence-electron chi connectivity index (χ2n) is 6.34. The maximum atomic E-state index is 12.1. The molecule has 1 saturated heterocycles. The maximum Gasteiger partial charge on any atom is 0.326 e. The van der Waals surface area contributed by atoms with Gasteiger partial charge in [0.25, 0.3) is 0 Å². The number of aliphatic carboxylic acids is 1. The van der Waals surface area contributed by atoms with Gasteiger partial charge < -0.3 is 20.6 Å². The minimum Gasteiger partial charge on any atom is -0.480 e. The van der Waals surface area contributed by atoms with Crippen LogP contribution in [0, 0.1) is 5.92 Å². The van der Waals surface area contributed by atoms with E-state index in [2.05, 4.69) is 10.6 Å². The summed E-state index contributed by atoms with van der Waals surface area (Å²) in [6.07, 6.45) is 0.222. The van der Waals surface area contributed by atoms with Crippen LogP contribution in [0.25, 0.3) is 0 Å². The van der Waals surface area contributed by atoms with Gasteiger partial charge in [-0.05, 0) is 11.5 Å². The minimum atomic E-state index is -1.08. The lowest BCUT2D eigenvalue weighted by atomic mass is 10.1. The lowest BCUT2D eigenvalue weighted by molar-refractivity contribution is -0.140. The summed E-state index contributed by atoms with van der Waals surface area (Å²) < 4.78 is 0. The molecule has 2 atom stereocenters. The lowest BCUT2D eigenvalue weighted by Crippen LogP contribution is -2.51. The highest BCUT2D eigenvalue weighted by Gasteiger charge is 2.31. The van der Waals surface area contributed by atoms with E-state index in [4.69, 9.17) is 5.11 Å². The summed E-state index contributed by atoms with van der Waals surface area (Å²) >= 11 is 0. The van der Waals surface area contributed by atoms with Crippen molar-refractivity contribution in [2.45, 2.75) is 38.9 Å². The highest BCUT2D eigenvalue weighted by atomic mass is 16.4. The van der Waals surface area contributed by atoms with Crippen LogP contribution in [0.2, 0.25) is 0 Å². The summed E-state index contributed by atoms with van der Waals surface area (Å²) in [5.74, 6) is -1.33. The van der Waals surface area contributed by atoms with Crippen molar-refractivity contribution in [2.24, 2.45) is 5.92 Å². The molecule has 2 rings (SSSR count). The van der Waals surface area contributed by atoms with Crippen LogP contribution in [0.3, 0.4) is 0 Å². The average molecular weight is 333 g/mol. The zero-order chi connectivity index (χ0) is 17.7. The normalized spacial score (nSPS) is 18.5. The Hall–Kier alpha value is -2.57. The summed E-state index contributed by atoms with van der Waals surface area (Å²) in [6, 6.07) is 7.80. The van der Waals surface area contributed by atoms with Crippen LogP contribution >= 0.6 is 0 Å². The molecule has 0 radical (unpaired) electrons. The van der Waals surface area contributed by atoms with Gasteiger partial charge in [0.2, 0.25) is 5.91 Å². The Morgan fingerprint density at radius 3 is 2.54 bits per heavy atom. The van der Waals surface area contributed by atoms with Gasteiger partial charge in [-0.2, -0.15) is 0 Å². The van der Waals surface area contributed by atoms with Crippen LogP contribution < -0.4 is 10.6 Å². The molecule has 24 heavy (non-hydrogen) atoms. The fourth-order valence-corrected chi connectivity index (χ4v) is 2.71. The molecule has 0 aliphatic carbocycles. The second kappa shape index (κ2) is 7.81. The van der Waals surface area contributed by atoms with E-state index in [-0.39, 0.29) is 24.3 Å². The average Bonchev–Trinajstić information content (AvgIpc) is 2.84. The molecule has 2 unspecified atom stereocenters. The molecule has 3 N–H and O–H groups in total. The molecular weight excluding hydrogens is 310 g/mol. The first-order valence-electron chi connectivity index (χ1n) is 7.98. The first-order chi connectivity index (χ1) is 11.4. The van der Waals surface area contributed by atoms with Gasteiger partial charge in [0.15, 0.2) is 0 Å². The van der Waals surface area contributed by atoms with E-state index in [0.717, 1.165) is 5.56 Å². The standard InChI is InChI=1S/C17H23N3O4/c1-11(2)15(16(22)23)19-17(24)18-13-8-14(21)20(10-13)9-12-6-4-3-5-7-12/h3-7,11,13,15H,8-10H2,1-2H3,(H,22,23)(H2,18,19,24). The van der Waals surface area contributed by atoms with Crippen LogP contribution in [-0.4, -0.2) is 46.5 Å². The molecule has 1 aliphatic heterocycles. The highest BCUT2D eigenvalue weighted by molar-refractivity contribution is 5.84. The van der Waals surface area contributed by atoms with Crippen LogP contribution in [0.5, 0.6) is 0 Å². The second-order valence-corrected chi connectivity index (χ2v) is 6.34. The third kappa shape index (κ3) is 4.71. The number of carboxylic acids is 1. The Kier molecular flexibility index (Phi) is 5.78. The fraction of sp³-hybridized carbons (Fsp3) is 0.471. The van der Waals surface area contributed by atoms with Crippen LogP contribution in [0.4, 0.5) is 4.79 Å². The number of carbonyl (C=O) groups excluding carboxylic acids is 2. The van der Waals surface area contributed by atoms with Crippen molar-refractivity contribution < 1.29 is 19.5 Å². The smallest absolute Gasteiger partial charge is 0.326 e. The van der Waals surface area contributed by atoms with Crippen molar-refractivity contribution in [3.8, 4) is 0 Å². The summed E-state index contributed by atoms with van der Waals surface area (Å²) in [4.78, 5) is 36.9. The molecule has 1 aromatic rings. The number of nitrogens with zero attached hydrogens (tertiary/aromatic N) is 1. The lowest BCUT2D eigenvalue weighted by Gasteiger charge is -2.20. The van der Waals surface area contributed by atoms with Crippen molar-refractivity contribution in [3.05, 3.63) is 35.9 Å². The third-order valence-electron chi connectivity index (χ3n) is 3.99. The number of nitrogens with one attached hydrogen (secondary N) is 2. The Bertz CT molecular complexity index is 603. The minimum absolute atomic E-state index is 0.0252. The number of rotatable bonds is 6. The van der Waals surface area contributed by atoms with Crippen LogP contribution in [0.15, 0.2) is 30.3 Å². The Balaban J connectivity index is 1.87. The zero-order valence-electron chi connectivity index (χ0n) is 13.9. The van der Waals surface area contributed by atoms with Crippen molar-refractivity contribution in [3.63, 3.8) is 0 Å². The van der Waals surface area contributed by atoms with E-state index in [0.29, 0.717) is 13.1 Å². The Morgan fingerprint density at radius 1 is 1.29 bits per heavy atom. The third-order valence-corrected chi connectivity index (χ3v) is 3.99. The van der Waals surface area contributed by atoms with E-state index < -0.39 is 18.0 Å². The largest absolute Gasteiger partial charge is 0.480 e. The van der Waals surface area contributed by atoms with Crippen LogP contribution in [0.1, 0.15) is 25.8 Å². The van der Waals surface area contributed by atoms with Gasteiger partial charge in [0, 0.05) is 19.5 Å². The van der Waals surface area contributed by atoms with Gasteiger partial charge in [-0.1, -0.05) is 44.2 Å². The van der Waals surface area contributed by atoms with E-state index >= 15 is 0 Å². The van der Waals surface area contributed by atoms with E-state index in [9.17, 15) is 14.4 Å². The predicted molar refractivity (Wildman–Crippen MR) is 88.2 cm³/mol. The molecule has 1 fully saturated rings. The van der Waals surface area contributed by atoms with E-state index in [1.165, 1.54) is 0 Å². The molecule has 0 aromatic heterocycles. The SMILES string of the molecule is CC(C)C(NC(=O)NC1CC(=O)N(Cc2ccccc2)C1)C(=O)O. The van der Waals surface area contributed by atoms with Crippen molar-refractivity contribution in [2.75, 3.05) is 6.54 Å². The molecule has 0 bridgehead atoms. The molecule has 0 saturated carbocycles. The van der Waals surface area contributed by atoms with Gasteiger partial charge >= 0.3 is 12.0 Å². The number of hydrogen-bond donors (Lipinski definition) is 3. The molecule has 1 heterocycles. The number of likely N-dealkylation sites (tertiary alicyclic amines) is 1. The summed E-state index contributed by atoms with van der Waals surface area (Å²) in [7, 11) is 0.